The molecule has 1 aliphatic heterocycles. The van der Waals surface area contributed by atoms with Gasteiger partial charge in [0.2, 0.25) is 0 Å². The lowest BCUT2D eigenvalue weighted by molar-refractivity contribution is -0.137. The van der Waals surface area contributed by atoms with E-state index in [1.54, 1.807) is 11.0 Å². The largest absolute Gasteiger partial charge is 0.417 e. The number of halogens is 3. The Balaban J connectivity index is 1.43. The number of nitrogens with one attached hydrogen (secondary N) is 1. The third kappa shape index (κ3) is 3.67. The highest BCUT2D eigenvalue weighted by atomic mass is 19.4. The molecule has 168 valence electrons. The van der Waals surface area contributed by atoms with Crippen LogP contribution in [0.25, 0.3) is 5.65 Å². The molecule has 3 aromatic heterocycles. The number of pyridine rings is 2. The SMILES string of the molecule is O=C(c1cc2c([nH]c1=O)CCCC2)N1CCCC(c2nnc3ccc(C(F)(F)F)cn23)C1. The van der Waals surface area contributed by atoms with E-state index in [-0.39, 0.29) is 29.5 Å². The van der Waals surface area contributed by atoms with Gasteiger partial charge in [-0.3, -0.25) is 14.0 Å². The third-order valence-electron chi connectivity index (χ3n) is 6.40. The Hall–Kier alpha value is -3.17. The number of carbonyl (C=O) groups excluding carboxylic acids is 1. The van der Waals surface area contributed by atoms with Crippen LogP contribution in [0.3, 0.4) is 0 Å². The number of piperidine rings is 1. The highest BCUT2D eigenvalue weighted by molar-refractivity contribution is 5.94. The van der Waals surface area contributed by atoms with Crippen LogP contribution >= 0.6 is 0 Å². The minimum atomic E-state index is -4.47. The fourth-order valence-corrected chi connectivity index (χ4v) is 4.73. The van der Waals surface area contributed by atoms with Crippen LogP contribution in [-0.2, 0) is 19.0 Å². The molecule has 1 atom stereocenters. The number of H-pyrrole nitrogens is 1. The van der Waals surface area contributed by atoms with Crippen molar-refractivity contribution in [3.8, 4) is 0 Å². The molecule has 1 unspecified atom stereocenters. The lowest BCUT2D eigenvalue weighted by Gasteiger charge is -2.32. The average molecular weight is 445 g/mol. The summed E-state index contributed by atoms with van der Waals surface area (Å²) in [5.41, 5.74) is 1.19. The van der Waals surface area contributed by atoms with E-state index in [9.17, 15) is 22.8 Å². The monoisotopic (exact) mass is 445 g/mol. The maximum absolute atomic E-state index is 13.2. The lowest BCUT2D eigenvalue weighted by atomic mass is 9.94. The molecule has 2 aliphatic rings. The van der Waals surface area contributed by atoms with E-state index in [2.05, 4.69) is 15.2 Å². The van der Waals surface area contributed by atoms with Crippen molar-refractivity contribution >= 4 is 11.6 Å². The predicted molar refractivity (Wildman–Crippen MR) is 110 cm³/mol. The molecule has 1 amide bonds. The Morgan fingerprint density at radius 1 is 1.12 bits per heavy atom. The molecule has 0 radical (unpaired) electrons. The van der Waals surface area contributed by atoms with Gasteiger partial charge in [-0.15, -0.1) is 10.2 Å². The van der Waals surface area contributed by atoms with Crippen molar-refractivity contribution in [1.82, 2.24) is 24.5 Å². The van der Waals surface area contributed by atoms with E-state index in [1.807, 2.05) is 0 Å². The van der Waals surface area contributed by atoms with E-state index in [0.717, 1.165) is 49.2 Å². The van der Waals surface area contributed by atoms with Crippen molar-refractivity contribution in [2.75, 3.05) is 13.1 Å². The number of aromatic nitrogens is 4. The number of hydrogen-bond acceptors (Lipinski definition) is 4. The Bertz CT molecular complexity index is 1250. The molecule has 3 aromatic rings. The topological polar surface area (TPSA) is 83.4 Å². The molecule has 1 aliphatic carbocycles. The van der Waals surface area contributed by atoms with E-state index < -0.39 is 11.7 Å². The molecule has 7 nitrogen and oxygen atoms in total. The Labute approximate surface area is 181 Å². The van der Waals surface area contributed by atoms with E-state index >= 15 is 0 Å². The average Bonchev–Trinajstić information content (AvgIpc) is 3.21. The van der Waals surface area contributed by atoms with Gasteiger partial charge in [0.25, 0.3) is 11.5 Å². The molecule has 0 bridgehead atoms. The number of rotatable bonds is 2. The van der Waals surface area contributed by atoms with Crippen LogP contribution in [0.2, 0.25) is 0 Å². The number of carbonyl (C=O) groups is 1. The first-order chi connectivity index (χ1) is 15.3. The molecular weight excluding hydrogens is 423 g/mol. The van der Waals surface area contributed by atoms with Crippen molar-refractivity contribution in [1.29, 1.82) is 0 Å². The summed E-state index contributed by atoms with van der Waals surface area (Å²) in [7, 11) is 0. The Morgan fingerprint density at radius 2 is 1.94 bits per heavy atom. The zero-order chi connectivity index (χ0) is 22.5. The van der Waals surface area contributed by atoms with Gasteiger partial charge >= 0.3 is 6.18 Å². The highest BCUT2D eigenvalue weighted by Crippen LogP contribution is 2.31. The maximum atomic E-state index is 13.2. The summed E-state index contributed by atoms with van der Waals surface area (Å²) in [5.74, 6) is -0.236. The Kier molecular flexibility index (Phi) is 5.02. The second-order valence-corrected chi connectivity index (χ2v) is 8.52. The van der Waals surface area contributed by atoms with Crippen molar-refractivity contribution in [2.45, 2.75) is 50.6 Å². The van der Waals surface area contributed by atoms with E-state index in [4.69, 9.17) is 0 Å². The molecule has 10 heteroatoms. The van der Waals surface area contributed by atoms with Crippen LogP contribution in [0, 0.1) is 0 Å². The molecular formula is C22H22F3N5O2. The zero-order valence-corrected chi connectivity index (χ0v) is 17.3. The number of alkyl halides is 3. The highest BCUT2D eigenvalue weighted by Gasteiger charge is 2.33. The third-order valence-corrected chi connectivity index (χ3v) is 6.40. The molecule has 4 heterocycles. The lowest BCUT2D eigenvalue weighted by Crippen LogP contribution is -2.41. The fourth-order valence-electron chi connectivity index (χ4n) is 4.73. The molecule has 1 fully saturated rings. The van der Waals surface area contributed by atoms with Gasteiger partial charge < -0.3 is 9.88 Å². The number of fused-ring (bicyclic) bond motifs is 2. The molecule has 5 rings (SSSR count). The van der Waals surface area contributed by atoms with Gasteiger partial charge in [0.15, 0.2) is 5.65 Å². The number of amides is 1. The minimum Gasteiger partial charge on any atom is -0.338 e. The van der Waals surface area contributed by atoms with E-state index in [0.29, 0.717) is 30.9 Å². The molecule has 0 spiro atoms. The Morgan fingerprint density at radius 3 is 2.75 bits per heavy atom. The normalized spacial score (nSPS) is 19.2. The smallest absolute Gasteiger partial charge is 0.338 e. The first-order valence-electron chi connectivity index (χ1n) is 10.8. The maximum Gasteiger partial charge on any atom is 0.417 e. The minimum absolute atomic E-state index is 0.122. The number of nitrogens with zero attached hydrogens (tertiary/aromatic N) is 4. The fraction of sp³-hybridized carbons (Fsp3) is 0.455. The summed E-state index contributed by atoms with van der Waals surface area (Å²) in [6, 6.07) is 3.98. The van der Waals surface area contributed by atoms with Crippen molar-refractivity contribution in [3.63, 3.8) is 0 Å². The van der Waals surface area contributed by atoms with Crippen LogP contribution in [0.15, 0.2) is 29.2 Å². The van der Waals surface area contributed by atoms with Crippen LogP contribution in [0.4, 0.5) is 13.2 Å². The summed E-state index contributed by atoms with van der Waals surface area (Å²) in [6.07, 6.45) is 1.55. The summed E-state index contributed by atoms with van der Waals surface area (Å²) in [6.45, 7) is 0.753. The second kappa shape index (κ2) is 7.75. The number of likely N-dealkylation sites (tertiary alicyclic amines) is 1. The second-order valence-electron chi connectivity index (χ2n) is 8.52. The van der Waals surface area contributed by atoms with Crippen molar-refractivity contribution < 1.29 is 18.0 Å². The predicted octanol–water partition coefficient (Wildman–Crippen LogP) is 3.34. The zero-order valence-electron chi connectivity index (χ0n) is 17.3. The first kappa shape index (κ1) is 20.7. The molecule has 1 N–H and O–H groups in total. The van der Waals surface area contributed by atoms with Gasteiger partial charge in [-0.05, 0) is 62.3 Å². The molecule has 32 heavy (non-hydrogen) atoms. The van der Waals surface area contributed by atoms with Gasteiger partial charge in [-0.1, -0.05) is 0 Å². The standard InChI is InChI=1S/C22H22F3N5O2/c23-22(24,25)15-7-8-18-27-28-19(30(18)12-15)14-5-3-9-29(11-14)21(32)16-10-13-4-1-2-6-17(13)26-20(16)31/h7-8,10,12,14H,1-6,9,11H2,(H,26,31). The molecule has 0 saturated carbocycles. The van der Waals surface area contributed by atoms with Gasteiger partial charge in [0.1, 0.15) is 11.4 Å². The van der Waals surface area contributed by atoms with Gasteiger partial charge in [0.05, 0.1) is 5.56 Å². The van der Waals surface area contributed by atoms with Crippen LogP contribution < -0.4 is 5.56 Å². The first-order valence-corrected chi connectivity index (χ1v) is 10.8. The summed E-state index contributed by atoms with van der Waals surface area (Å²) < 4.78 is 40.9. The summed E-state index contributed by atoms with van der Waals surface area (Å²) in [4.78, 5) is 30.2. The van der Waals surface area contributed by atoms with Gasteiger partial charge in [0, 0.05) is 30.9 Å². The summed E-state index contributed by atoms with van der Waals surface area (Å²) in [5, 5.41) is 8.12. The van der Waals surface area contributed by atoms with Crippen LogP contribution in [0.1, 0.15) is 64.6 Å². The number of aryl methyl sites for hydroxylation is 2. The number of hydrogen-bond donors (Lipinski definition) is 1. The van der Waals surface area contributed by atoms with Gasteiger partial charge in [-0.2, -0.15) is 13.2 Å². The molecule has 1 saturated heterocycles. The summed E-state index contributed by atoms with van der Waals surface area (Å²) >= 11 is 0. The quantitative estimate of drug-likeness (QED) is 0.656. The van der Waals surface area contributed by atoms with Crippen LogP contribution in [-0.4, -0.2) is 43.5 Å². The van der Waals surface area contributed by atoms with E-state index in [1.165, 1.54) is 10.5 Å². The van der Waals surface area contributed by atoms with Gasteiger partial charge in [-0.25, -0.2) is 0 Å². The van der Waals surface area contributed by atoms with Crippen LogP contribution in [0.5, 0.6) is 0 Å². The molecule has 0 aromatic carbocycles. The van der Waals surface area contributed by atoms with Crippen molar-refractivity contribution in [2.24, 2.45) is 0 Å². The van der Waals surface area contributed by atoms with Crippen molar-refractivity contribution in [3.05, 3.63) is 63.0 Å². The number of aromatic amines is 1.